The number of phosphoric ester groups is 1. The molecule has 10 nitrogen and oxygen atoms in total. The molecule has 0 amide bonds. The van der Waals surface area contributed by atoms with Crippen LogP contribution in [0, 0.1) is 0 Å². The first-order chi connectivity index (χ1) is 7.96. The fourth-order valence-corrected chi connectivity index (χ4v) is 3.22. The predicted octanol–water partition coefficient (Wildman–Crippen LogP) is 0.334. The second kappa shape index (κ2) is 2.42. The zero-order valence-corrected chi connectivity index (χ0v) is 9.28. The van der Waals surface area contributed by atoms with Gasteiger partial charge in [-0.2, -0.15) is 4.98 Å². The van der Waals surface area contributed by atoms with E-state index in [-0.39, 0.29) is 28.9 Å². The van der Waals surface area contributed by atoms with Crippen molar-refractivity contribution in [3.63, 3.8) is 0 Å². The smallest absolute Gasteiger partial charge is 0.386 e. The molecule has 1 aromatic rings. The molecule has 0 aromatic carbocycles. The van der Waals surface area contributed by atoms with Gasteiger partial charge in [0.25, 0.3) is 11.8 Å². The molecular weight excluding hydrogens is 279 g/mol. The Kier molecular flexibility index (Phi) is 1.33. The van der Waals surface area contributed by atoms with Crippen LogP contribution in [0.2, 0.25) is 0 Å². The number of aromatic nitrogens is 1. The topological polar surface area (TPSA) is 122 Å². The highest BCUT2D eigenvalue weighted by Crippen LogP contribution is 2.67. The first kappa shape index (κ1) is 9.33. The van der Waals surface area contributed by atoms with Crippen LogP contribution in [0.25, 0.3) is 0 Å². The van der Waals surface area contributed by atoms with Gasteiger partial charge in [-0.15, -0.1) is 13.0 Å². The Morgan fingerprint density at radius 3 is 2.76 bits per heavy atom. The summed E-state index contributed by atoms with van der Waals surface area (Å²) in [5, 5.41) is 0. The SMILES string of the molecule is O=P12ONc3c(c(nc4c3OS(=O)(=O)O4)O1)O2. The largest absolute Gasteiger partial charge is 0.611 e. The number of fused-ring (bicyclic) bond motifs is 3. The Morgan fingerprint density at radius 2 is 1.94 bits per heavy atom. The summed E-state index contributed by atoms with van der Waals surface area (Å²) in [6, 6.07) is 0. The van der Waals surface area contributed by atoms with Crippen molar-refractivity contribution < 1.29 is 35.0 Å². The van der Waals surface area contributed by atoms with Gasteiger partial charge in [0.1, 0.15) is 0 Å². The molecule has 1 N–H and O–H groups in total. The maximum atomic E-state index is 11.6. The van der Waals surface area contributed by atoms with Gasteiger partial charge in [-0.3, -0.25) is 0 Å². The fraction of sp³-hybridized carbons (Fsp3) is 0. The van der Waals surface area contributed by atoms with Crippen LogP contribution in [-0.4, -0.2) is 13.4 Å². The zero-order chi connectivity index (χ0) is 11.8. The molecule has 12 heteroatoms. The average molecular weight is 280 g/mol. The molecule has 17 heavy (non-hydrogen) atoms. The minimum Gasteiger partial charge on any atom is -0.386 e. The van der Waals surface area contributed by atoms with Crippen LogP contribution in [0.15, 0.2) is 0 Å². The maximum absolute atomic E-state index is 11.6. The Morgan fingerprint density at radius 1 is 1.12 bits per heavy atom. The Balaban J connectivity index is 2.02. The number of anilines is 1. The molecule has 0 spiro atoms. The van der Waals surface area contributed by atoms with Crippen molar-refractivity contribution in [2.45, 2.75) is 0 Å². The van der Waals surface area contributed by atoms with E-state index in [4.69, 9.17) is 9.05 Å². The molecule has 1 aromatic heterocycles. The molecule has 0 saturated carbocycles. The van der Waals surface area contributed by atoms with E-state index in [1.807, 2.05) is 0 Å². The van der Waals surface area contributed by atoms with Crippen molar-refractivity contribution in [1.82, 2.24) is 4.98 Å². The minimum absolute atomic E-state index is 0.00458. The second-order valence-corrected chi connectivity index (χ2v) is 5.75. The van der Waals surface area contributed by atoms with Gasteiger partial charge >= 0.3 is 18.2 Å². The highest BCUT2D eigenvalue weighted by atomic mass is 32.3. The minimum atomic E-state index is -4.19. The van der Waals surface area contributed by atoms with Gasteiger partial charge in [0.2, 0.25) is 11.5 Å². The summed E-state index contributed by atoms with van der Waals surface area (Å²) in [6.45, 7) is 0. The monoisotopic (exact) mass is 280 g/mol. The maximum Gasteiger partial charge on any atom is 0.611 e. The average Bonchev–Trinajstić information content (AvgIpc) is 2.65. The van der Waals surface area contributed by atoms with E-state index in [0.29, 0.717) is 0 Å². The van der Waals surface area contributed by atoms with Gasteiger partial charge in [-0.05, 0) is 0 Å². The summed E-state index contributed by atoms with van der Waals surface area (Å²) in [4.78, 5) is 3.66. The lowest BCUT2D eigenvalue weighted by atomic mass is 10.3. The fourth-order valence-electron chi connectivity index (χ4n) is 1.47. The third-order valence-corrected chi connectivity index (χ3v) is 3.92. The standard InChI is InChI=1S/C5HN2O8PS/c8-16-11-2-1(7-15-16)3-5(6-4(2)12-16)14-17(9,10)13-3/h7H. The molecule has 1 atom stereocenters. The molecule has 0 radical (unpaired) electrons. The molecule has 1 unspecified atom stereocenters. The van der Waals surface area contributed by atoms with Gasteiger partial charge in [0.15, 0.2) is 5.69 Å². The second-order valence-electron chi connectivity index (χ2n) is 3.15. The number of rotatable bonds is 0. The van der Waals surface area contributed by atoms with E-state index in [1.54, 1.807) is 0 Å². The molecule has 3 aliphatic heterocycles. The van der Waals surface area contributed by atoms with Gasteiger partial charge in [-0.25, -0.2) is 10.0 Å². The van der Waals surface area contributed by atoms with Crippen LogP contribution in [-0.2, 0) is 19.6 Å². The molecule has 2 bridgehead atoms. The lowest BCUT2D eigenvalue weighted by molar-refractivity contribution is 0.260. The number of nitrogens with zero attached hydrogens (tertiary/aromatic N) is 1. The Hall–Kier alpha value is -1.71. The number of nitrogens with one attached hydrogen (secondary N) is 1. The number of phosphoric acid groups is 1. The Labute approximate surface area is 93.3 Å². The van der Waals surface area contributed by atoms with Gasteiger partial charge in [0.05, 0.1) is 0 Å². The van der Waals surface area contributed by atoms with Crippen LogP contribution >= 0.6 is 7.82 Å². The van der Waals surface area contributed by atoms with Crippen LogP contribution < -0.4 is 22.9 Å². The molecule has 0 aliphatic carbocycles. The summed E-state index contributed by atoms with van der Waals surface area (Å²) in [5.74, 6) is -0.805. The summed E-state index contributed by atoms with van der Waals surface area (Å²) in [6.07, 6.45) is 0. The molecule has 0 fully saturated rings. The van der Waals surface area contributed by atoms with E-state index in [0.717, 1.165) is 0 Å². The lowest BCUT2D eigenvalue weighted by Gasteiger charge is -2.15. The predicted molar refractivity (Wildman–Crippen MR) is 48.0 cm³/mol. The van der Waals surface area contributed by atoms with Gasteiger partial charge in [0, 0.05) is 0 Å². The van der Waals surface area contributed by atoms with Gasteiger partial charge in [-0.1, -0.05) is 0 Å². The third-order valence-electron chi connectivity index (χ3n) is 2.07. The number of pyridine rings is 1. The molecule has 90 valence electrons. The van der Waals surface area contributed by atoms with Crippen molar-refractivity contribution in [1.29, 1.82) is 0 Å². The molecular formula is C5HN2O8PS. The lowest BCUT2D eigenvalue weighted by Crippen LogP contribution is -2.11. The zero-order valence-electron chi connectivity index (χ0n) is 7.57. The summed E-state index contributed by atoms with van der Waals surface area (Å²) >= 11 is 0. The quantitative estimate of drug-likeness (QED) is 0.665. The highest BCUT2D eigenvalue weighted by Gasteiger charge is 2.51. The van der Waals surface area contributed by atoms with Crippen molar-refractivity contribution >= 4 is 23.9 Å². The van der Waals surface area contributed by atoms with Crippen molar-refractivity contribution in [3.8, 4) is 23.3 Å². The van der Waals surface area contributed by atoms with E-state index in [1.165, 1.54) is 0 Å². The van der Waals surface area contributed by atoms with Crippen molar-refractivity contribution in [2.75, 3.05) is 5.48 Å². The molecule has 4 rings (SSSR count). The first-order valence-corrected chi connectivity index (χ1v) is 6.91. The van der Waals surface area contributed by atoms with E-state index in [2.05, 4.69) is 23.5 Å². The van der Waals surface area contributed by atoms with Crippen LogP contribution in [0.5, 0.6) is 23.3 Å². The first-order valence-electron chi connectivity index (χ1n) is 4.11. The van der Waals surface area contributed by atoms with E-state index >= 15 is 0 Å². The van der Waals surface area contributed by atoms with Crippen LogP contribution in [0.1, 0.15) is 0 Å². The van der Waals surface area contributed by atoms with Crippen LogP contribution in [0.4, 0.5) is 5.69 Å². The summed E-state index contributed by atoms with van der Waals surface area (Å²) in [5.41, 5.74) is 2.22. The molecule has 3 aliphatic rings. The van der Waals surface area contributed by atoms with Crippen LogP contribution in [0.3, 0.4) is 0 Å². The summed E-state index contributed by atoms with van der Waals surface area (Å²) < 4.78 is 56.9. The van der Waals surface area contributed by atoms with Gasteiger partial charge < -0.3 is 17.4 Å². The normalized spacial score (nSPS) is 29.2. The third kappa shape index (κ3) is 1.10. The van der Waals surface area contributed by atoms with Crippen molar-refractivity contribution in [2.24, 2.45) is 0 Å². The molecule has 0 saturated heterocycles. The van der Waals surface area contributed by atoms with E-state index < -0.39 is 18.2 Å². The molecule has 4 heterocycles. The van der Waals surface area contributed by atoms with E-state index in [9.17, 15) is 13.0 Å². The Bertz CT molecular complexity index is 713. The number of hydrogen-bond acceptors (Lipinski definition) is 10. The highest BCUT2D eigenvalue weighted by molar-refractivity contribution is 7.82. The summed E-state index contributed by atoms with van der Waals surface area (Å²) in [7, 11) is -7.94. The number of hydrogen-bond donors (Lipinski definition) is 1. The van der Waals surface area contributed by atoms with Crippen molar-refractivity contribution in [3.05, 3.63) is 0 Å².